The molecule has 2 aromatic carbocycles. The Balaban J connectivity index is 2.01. The van der Waals surface area contributed by atoms with Gasteiger partial charge in [-0.15, -0.1) is 0 Å². The van der Waals surface area contributed by atoms with Crippen LogP contribution in [-0.4, -0.2) is 26.4 Å². The minimum atomic E-state index is -3.80. The number of carbonyl (C=O) groups is 2. The smallest absolute Gasteiger partial charge is 0.339 e. The molecular formula is C17H18N2O5S. The molecule has 0 radical (unpaired) electrons. The summed E-state index contributed by atoms with van der Waals surface area (Å²) in [7, 11) is -3.80. The molecule has 0 spiro atoms. The lowest BCUT2D eigenvalue weighted by Gasteiger charge is -2.14. The van der Waals surface area contributed by atoms with E-state index < -0.39 is 28.0 Å². The van der Waals surface area contributed by atoms with Gasteiger partial charge in [0.15, 0.2) is 6.10 Å². The molecule has 2 rings (SSSR count). The van der Waals surface area contributed by atoms with Crippen molar-refractivity contribution in [1.82, 2.24) is 0 Å². The summed E-state index contributed by atoms with van der Waals surface area (Å²) in [6.45, 7) is 3.22. The van der Waals surface area contributed by atoms with E-state index in [0.29, 0.717) is 11.3 Å². The first kappa shape index (κ1) is 18.6. The molecule has 0 aliphatic carbocycles. The van der Waals surface area contributed by atoms with Crippen molar-refractivity contribution in [3.63, 3.8) is 0 Å². The molecule has 0 saturated heterocycles. The molecule has 132 valence electrons. The molecular weight excluding hydrogens is 344 g/mol. The number of hydrogen-bond acceptors (Lipinski definition) is 5. The molecule has 0 bridgehead atoms. The number of ether oxygens (including phenoxy) is 1. The van der Waals surface area contributed by atoms with Gasteiger partial charge in [-0.25, -0.2) is 18.4 Å². The summed E-state index contributed by atoms with van der Waals surface area (Å²) in [5, 5.41) is 7.55. The molecule has 1 atom stereocenters. The number of hydrogen-bond donors (Lipinski definition) is 2. The van der Waals surface area contributed by atoms with Gasteiger partial charge in [-0.05, 0) is 49.7 Å². The van der Waals surface area contributed by atoms with E-state index in [2.05, 4.69) is 5.32 Å². The zero-order chi connectivity index (χ0) is 18.6. The van der Waals surface area contributed by atoms with E-state index in [0.717, 1.165) is 5.56 Å². The number of sulfonamides is 1. The minimum Gasteiger partial charge on any atom is -0.449 e. The third-order valence-electron chi connectivity index (χ3n) is 3.47. The first-order chi connectivity index (χ1) is 11.7. The summed E-state index contributed by atoms with van der Waals surface area (Å²) in [6, 6.07) is 12.2. The molecule has 0 aromatic heterocycles. The highest BCUT2D eigenvalue weighted by Gasteiger charge is 2.20. The van der Waals surface area contributed by atoms with Gasteiger partial charge >= 0.3 is 5.97 Å². The molecule has 7 nitrogen and oxygen atoms in total. The number of carbonyl (C=O) groups excluding carboxylic acids is 2. The minimum absolute atomic E-state index is 0.0653. The summed E-state index contributed by atoms with van der Waals surface area (Å²) in [5.41, 5.74) is 1.49. The molecule has 0 aliphatic heterocycles. The number of nitrogens with one attached hydrogen (secondary N) is 1. The zero-order valence-corrected chi connectivity index (χ0v) is 14.5. The lowest BCUT2D eigenvalue weighted by atomic mass is 10.1. The van der Waals surface area contributed by atoms with Crippen molar-refractivity contribution < 1.29 is 22.7 Å². The SMILES string of the molecule is Cc1ccccc1C(=O)O[C@@H](C)C(=O)Nc1ccc(S(N)(=O)=O)cc1. The number of primary sulfonamides is 1. The molecule has 0 unspecified atom stereocenters. The monoisotopic (exact) mass is 362 g/mol. The number of aryl methyl sites for hydroxylation is 1. The number of amides is 1. The Morgan fingerprint density at radius 2 is 1.68 bits per heavy atom. The molecule has 0 saturated carbocycles. The van der Waals surface area contributed by atoms with Crippen LogP contribution >= 0.6 is 0 Å². The zero-order valence-electron chi connectivity index (χ0n) is 13.7. The molecule has 1 amide bonds. The Labute approximate surface area is 145 Å². The van der Waals surface area contributed by atoms with Crippen LogP contribution in [0.3, 0.4) is 0 Å². The molecule has 8 heteroatoms. The summed E-state index contributed by atoms with van der Waals surface area (Å²) in [5.74, 6) is -1.13. The Hall–Kier alpha value is -2.71. The number of nitrogens with two attached hydrogens (primary N) is 1. The Bertz CT molecular complexity index is 892. The standard InChI is InChI=1S/C17H18N2O5S/c1-11-5-3-4-6-15(11)17(21)24-12(2)16(20)19-13-7-9-14(10-8-13)25(18,22)23/h3-10,12H,1-2H3,(H,19,20)(H2,18,22,23)/t12-/m0/s1. The third kappa shape index (κ3) is 4.88. The number of anilines is 1. The summed E-state index contributed by atoms with van der Waals surface area (Å²) in [4.78, 5) is 24.2. The van der Waals surface area contributed by atoms with Gasteiger partial charge in [0, 0.05) is 5.69 Å². The molecule has 0 fully saturated rings. The molecule has 0 heterocycles. The van der Waals surface area contributed by atoms with E-state index in [1.165, 1.54) is 31.2 Å². The molecule has 3 N–H and O–H groups in total. The van der Waals surface area contributed by atoms with Crippen LogP contribution in [0.15, 0.2) is 53.4 Å². The maximum absolute atomic E-state index is 12.1. The highest BCUT2D eigenvalue weighted by molar-refractivity contribution is 7.89. The Kier molecular flexibility index (Phi) is 5.55. The predicted molar refractivity (Wildman–Crippen MR) is 92.5 cm³/mol. The van der Waals surface area contributed by atoms with Crippen LogP contribution in [0, 0.1) is 6.92 Å². The average Bonchev–Trinajstić information content (AvgIpc) is 2.54. The average molecular weight is 362 g/mol. The topological polar surface area (TPSA) is 116 Å². The van der Waals surface area contributed by atoms with Gasteiger partial charge < -0.3 is 10.1 Å². The molecule has 25 heavy (non-hydrogen) atoms. The van der Waals surface area contributed by atoms with E-state index in [1.54, 1.807) is 31.2 Å². The van der Waals surface area contributed by atoms with Crippen molar-refractivity contribution in [2.75, 3.05) is 5.32 Å². The van der Waals surface area contributed by atoms with Gasteiger partial charge in [0.1, 0.15) is 0 Å². The van der Waals surface area contributed by atoms with Crippen molar-refractivity contribution in [3.05, 3.63) is 59.7 Å². The Morgan fingerprint density at radius 3 is 2.24 bits per heavy atom. The second-order valence-corrected chi connectivity index (χ2v) is 6.98. The van der Waals surface area contributed by atoms with E-state index in [-0.39, 0.29) is 4.90 Å². The second kappa shape index (κ2) is 7.45. The normalized spacial score (nSPS) is 12.3. The van der Waals surface area contributed by atoms with Crippen molar-refractivity contribution in [2.45, 2.75) is 24.8 Å². The number of rotatable bonds is 5. The van der Waals surface area contributed by atoms with Crippen molar-refractivity contribution in [1.29, 1.82) is 0 Å². The van der Waals surface area contributed by atoms with E-state index in [9.17, 15) is 18.0 Å². The van der Waals surface area contributed by atoms with Gasteiger partial charge in [-0.1, -0.05) is 18.2 Å². The summed E-state index contributed by atoms with van der Waals surface area (Å²) >= 11 is 0. The van der Waals surface area contributed by atoms with E-state index >= 15 is 0 Å². The van der Waals surface area contributed by atoms with Crippen molar-refractivity contribution in [3.8, 4) is 0 Å². The predicted octanol–water partition coefficient (Wildman–Crippen LogP) is 1.83. The summed E-state index contributed by atoms with van der Waals surface area (Å²) < 4.78 is 27.5. The van der Waals surface area contributed by atoms with Crippen LogP contribution in [0.25, 0.3) is 0 Å². The van der Waals surface area contributed by atoms with Gasteiger partial charge in [0.05, 0.1) is 10.5 Å². The van der Waals surface area contributed by atoms with Gasteiger partial charge in [0.2, 0.25) is 10.0 Å². The van der Waals surface area contributed by atoms with Crippen molar-refractivity contribution in [2.24, 2.45) is 5.14 Å². The fourth-order valence-corrected chi connectivity index (χ4v) is 2.57. The summed E-state index contributed by atoms with van der Waals surface area (Å²) in [6.07, 6.45) is -1.02. The quantitative estimate of drug-likeness (QED) is 0.787. The second-order valence-electron chi connectivity index (χ2n) is 5.42. The van der Waals surface area contributed by atoms with Crippen LogP contribution < -0.4 is 10.5 Å². The lowest BCUT2D eigenvalue weighted by Crippen LogP contribution is -2.30. The largest absolute Gasteiger partial charge is 0.449 e. The number of benzene rings is 2. The van der Waals surface area contributed by atoms with Crippen molar-refractivity contribution >= 4 is 27.6 Å². The van der Waals surface area contributed by atoms with Crippen LogP contribution in [0.4, 0.5) is 5.69 Å². The fraction of sp³-hybridized carbons (Fsp3) is 0.176. The number of esters is 1. The first-order valence-electron chi connectivity index (χ1n) is 7.39. The third-order valence-corrected chi connectivity index (χ3v) is 4.40. The fourth-order valence-electron chi connectivity index (χ4n) is 2.05. The van der Waals surface area contributed by atoms with Crippen LogP contribution in [0.1, 0.15) is 22.8 Å². The highest BCUT2D eigenvalue weighted by atomic mass is 32.2. The van der Waals surface area contributed by atoms with Gasteiger partial charge in [-0.2, -0.15) is 0 Å². The van der Waals surface area contributed by atoms with Crippen LogP contribution in [0.2, 0.25) is 0 Å². The maximum atomic E-state index is 12.1. The molecule has 2 aromatic rings. The van der Waals surface area contributed by atoms with Crippen LogP contribution in [-0.2, 0) is 19.6 Å². The Morgan fingerprint density at radius 1 is 1.08 bits per heavy atom. The van der Waals surface area contributed by atoms with Crippen LogP contribution in [0.5, 0.6) is 0 Å². The molecule has 0 aliphatic rings. The van der Waals surface area contributed by atoms with E-state index in [4.69, 9.17) is 9.88 Å². The maximum Gasteiger partial charge on any atom is 0.339 e. The van der Waals surface area contributed by atoms with E-state index in [1.807, 2.05) is 0 Å². The van der Waals surface area contributed by atoms with Gasteiger partial charge in [0.25, 0.3) is 5.91 Å². The van der Waals surface area contributed by atoms with Gasteiger partial charge in [-0.3, -0.25) is 4.79 Å². The first-order valence-corrected chi connectivity index (χ1v) is 8.93. The lowest BCUT2D eigenvalue weighted by molar-refractivity contribution is -0.123. The highest BCUT2D eigenvalue weighted by Crippen LogP contribution is 2.14.